The molecule has 2 aliphatic heterocycles. The number of primary amides is 1. The number of morpholine rings is 1. The van der Waals surface area contributed by atoms with Crippen LogP contribution in [0, 0.1) is 11.6 Å². The zero-order valence-corrected chi connectivity index (χ0v) is 29.1. The SMILES string of the molecule is CCCCN(C(=O)Nc1cc(C(N)=O)c(F)cc1F)C1CCN(Cc2ccc(Oc3ccc(C(=O)N4CCOCC4)cc3OC)cc2)CC1.Cl. The van der Waals surface area contributed by atoms with Crippen LogP contribution in [-0.2, 0) is 11.3 Å². The van der Waals surface area contributed by atoms with Gasteiger partial charge in [-0.15, -0.1) is 12.4 Å². The molecule has 3 aromatic rings. The molecule has 11 nitrogen and oxygen atoms in total. The third-order valence-corrected chi connectivity index (χ3v) is 8.84. The molecule has 2 heterocycles. The highest BCUT2D eigenvalue weighted by molar-refractivity contribution is 5.96. The van der Waals surface area contributed by atoms with Crippen molar-refractivity contribution in [2.24, 2.45) is 5.73 Å². The standard InChI is InChI=1S/C36H43F2N5O6.ClH/c1-3-4-13-43(36(46)40-31-21-28(34(39)44)29(37)22-30(31)38)26-11-14-41(15-12-26)23-24-5-8-27(9-6-24)49-32-10-7-25(20-33(32)47-2)35(45)42-16-18-48-19-17-42;/h5-10,20-22,26H,3-4,11-19,23H2,1-2H3,(H2,39,44)(H,40,46);1H. The number of likely N-dealkylation sites (tertiary alicyclic amines) is 1. The number of hydrogen-bond donors (Lipinski definition) is 2. The summed E-state index contributed by atoms with van der Waals surface area (Å²) in [6, 6.07) is 13.9. The first-order valence-corrected chi connectivity index (χ1v) is 16.6. The molecule has 0 aromatic heterocycles. The van der Waals surface area contributed by atoms with Crippen LogP contribution in [0.4, 0.5) is 19.3 Å². The predicted octanol–water partition coefficient (Wildman–Crippen LogP) is 6.06. The summed E-state index contributed by atoms with van der Waals surface area (Å²) in [5, 5.41) is 2.52. The van der Waals surface area contributed by atoms with Crippen LogP contribution >= 0.6 is 12.4 Å². The Morgan fingerprint density at radius 3 is 2.30 bits per heavy atom. The van der Waals surface area contributed by atoms with Crippen molar-refractivity contribution in [3.05, 3.63) is 82.9 Å². The number of nitrogens with zero attached hydrogens (tertiary/aromatic N) is 3. The van der Waals surface area contributed by atoms with Gasteiger partial charge in [0.2, 0.25) is 0 Å². The zero-order valence-electron chi connectivity index (χ0n) is 28.3. The number of nitrogens with one attached hydrogen (secondary N) is 1. The summed E-state index contributed by atoms with van der Waals surface area (Å²) in [6.45, 7) is 6.90. The van der Waals surface area contributed by atoms with Crippen LogP contribution < -0.4 is 20.5 Å². The van der Waals surface area contributed by atoms with Gasteiger partial charge in [-0.1, -0.05) is 25.5 Å². The average Bonchev–Trinajstić information content (AvgIpc) is 3.11. The Labute approximate surface area is 297 Å². The van der Waals surface area contributed by atoms with E-state index in [0.717, 1.165) is 50.4 Å². The van der Waals surface area contributed by atoms with Crippen LogP contribution in [0.3, 0.4) is 0 Å². The molecule has 3 aromatic carbocycles. The van der Waals surface area contributed by atoms with Crippen molar-refractivity contribution in [3.8, 4) is 17.2 Å². The summed E-state index contributed by atoms with van der Waals surface area (Å²) < 4.78 is 45.4. The molecule has 2 saturated heterocycles. The summed E-state index contributed by atoms with van der Waals surface area (Å²) in [7, 11) is 1.54. The molecule has 0 atom stereocenters. The van der Waals surface area contributed by atoms with E-state index in [2.05, 4.69) is 10.2 Å². The lowest BCUT2D eigenvalue weighted by Gasteiger charge is -2.38. The second kappa shape index (κ2) is 18.0. The van der Waals surface area contributed by atoms with Crippen molar-refractivity contribution in [2.45, 2.75) is 45.2 Å². The maximum atomic E-state index is 14.5. The van der Waals surface area contributed by atoms with Gasteiger partial charge in [-0.3, -0.25) is 14.5 Å². The number of nitrogens with two attached hydrogens (primary N) is 1. The molecule has 0 spiro atoms. The van der Waals surface area contributed by atoms with Crippen LogP contribution in [0.25, 0.3) is 0 Å². The van der Waals surface area contributed by atoms with Gasteiger partial charge in [0.05, 0.1) is 31.6 Å². The Balaban J connectivity index is 0.00000562. The number of methoxy groups -OCH3 is 1. The molecule has 270 valence electrons. The van der Waals surface area contributed by atoms with Crippen LogP contribution in [0.2, 0.25) is 0 Å². The van der Waals surface area contributed by atoms with Crippen molar-refractivity contribution in [1.82, 2.24) is 14.7 Å². The Bertz CT molecular complexity index is 1630. The first kappa shape index (κ1) is 38.3. The number of ether oxygens (including phenoxy) is 3. The number of carbonyl (C=O) groups excluding carboxylic acids is 3. The molecule has 3 N–H and O–H groups in total. The normalized spacial score (nSPS) is 15.2. The Kier molecular flexibility index (Phi) is 13.8. The third-order valence-electron chi connectivity index (χ3n) is 8.84. The second-order valence-corrected chi connectivity index (χ2v) is 12.2. The monoisotopic (exact) mass is 715 g/mol. The van der Waals surface area contributed by atoms with Crippen LogP contribution in [0.5, 0.6) is 17.2 Å². The largest absolute Gasteiger partial charge is 0.493 e. The van der Waals surface area contributed by atoms with E-state index in [-0.39, 0.29) is 30.0 Å². The van der Waals surface area contributed by atoms with E-state index < -0.39 is 29.1 Å². The highest BCUT2D eigenvalue weighted by atomic mass is 35.5. The highest BCUT2D eigenvalue weighted by Crippen LogP contribution is 2.33. The van der Waals surface area contributed by atoms with Gasteiger partial charge in [0.25, 0.3) is 11.8 Å². The Morgan fingerprint density at radius 2 is 1.66 bits per heavy atom. The van der Waals surface area contributed by atoms with Crippen LogP contribution in [0.1, 0.15) is 58.9 Å². The number of benzene rings is 3. The van der Waals surface area contributed by atoms with E-state index in [9.17, 15) is 23.2 Å². The van der Waals surface area contributed by atoms with Crippen LogP contribution in [0.15, 0.2) is 54.6 Å². The number of halogens is 3. The number of unbranched alkanes of at least 4 members (excludes halogenated alkanes) is 1. The first-order chi connectivity index (χ1) is 23.7. The van der Waals surface area contributed by atoms with Gasteiger partial charge in [-0.05, 0) is 61.2 Å². The summed E-state index contributed by atoms with van der Waals surface area (Å²) in [5.41, 5.74) is 6.05. The maximum absolute atomic E-state index is 14.5. The number of anilines is 1. The fraction of sp³-hybridized carbons (Fsp3) is 0.417. The molecule has 5 rings (SSSR count). The summed E-state index contributed by atoms with van der Waals surface area (Å²) in [6.07, 6.45) is 3.08. The van der Waals surface area contributed by atoms with Crippen LogP contribution in [-0.4, -0.2) is 91.6 Å². The van der Waals surface area contributed by atoms with Gasteiger partial charge in [0, 0.05) is 56.9 Å². The zero-order chi connectivity index (χ0) is 34.9. The molecule has 2 aliphatic rings. The van der Waals surface area contributed by atoms with Crippen molar-refractivity contribution >= 4 is 35.9 Å². The molecular formula is C36H44ClF2N5O6. The molecule has 0 unspecified atom stereocenters. The number of urea groups is 1. The van der Waals surface area contributed by atoms with E-state index in [1.807, 2.05) is 31.2 Å². The van der Waals surface area contributed by atoms with Gasteiger partial charge >= 0.3 is 6.03 Å². The van der Waals surface area contributed by atoms with E-state index in [0.29, 0.717) is 68.3 Å². The summed E-state index contributed by atoms with van der Waals surface area (Å²) >= 11 is 0. The lowest BCUT2D eigenvalue weighted by atomic mass is 10.0. The number of piperidine rings is 1. The molecule has 14 heteroatoms. The van der Waals surface area contributed by atoms with E-state index in [4.69, 9.17) is 19.9 Å². The Hall–Kier alpha value is -4.46. The topological polar surface area (TPSA) is 127 Å². The van der Waals surface area contributed by atoms with Gasteiger partial charge in [-0.25, -0.2) is 13.6 Å². The molecule has 4 amide bonds. The van der Waals surface area contributed by atoms with Crippen molar-refractivity contribution in [1.29, 1.82) is 0 Å². The number of rotatable bonds is 12. The molecule has 0 saturated carbocycles. The van der Waals surface area contributed by atoms with Crippen molar-refractivity contribution < 1.29 is 37.4 Å². The van der Waals surface area contributed by atoms with E-state index in [1.54, 1.807) is 35.1 Å². The molecule has 2 fully saturated rings. The minimum Gasteiger partial charge on any atom is -0.493 e. The number of hydrogen-bond acceptors (Lipinski definition) is 7. The van der Waals surface area contributed by atoms with E-state index >= 15 is 0 Å². The second-order valence-electron chi connectivity index (χ2n) is 12.2. The lowest BCUT2D eigenvalue weighted by molar-refractivity contribution is 0.0302. The third kappa shape index (κ3) is 9.61. The molecule has 0 aliphatic carbocycles. The average molecular weight is 716 g/mol. The minimum absolute atomic E-state index is 0. The van der Waals surface area contributed by atoms with Crippen molar-refractivity contribution in [2.75, 3.05) is 58.4 Å². The van der Waals surface area contributed by atoms with Gasteiger partial charge in [0.15, 0.2) is 11.5 Å². The summed E-state index contributed by atoms with van der Waals surface area (Å²) in [5.74, 6) is -1.58. The minimum atomic E-state index is -1.08. The fourth-order valence-corrected chi connectivity index (χ4v) is 6.07. The smallest absolute Gasteiger partial charge is 0.322 e. The van der Waals surface area contributed by atoms with E-state index in [1.165, 1.54) is 0 Å². The molecule has 0 bridgehead atoms. The van der Waals surface area contributed by atoms with Crippen molar-refractivity contribution in [3.63, 3.8) is 0 Å². The summed E-state index contributed by atoms with van der Waals surface area (Å²) in [4.78, 5) is 43.5. The lowest BCUT2D eigenvalue weighted by Crippen LogP contribution is -2.49. The van der Waals surface area contributed by atoms with Gasteiger partial charge < -0.3 is 35.1 Å². The molecule has 50 heavy (non-hydrogen) atoms. The first-order valence-electron chi connectivity index (χ1n) is 16.6. The molecular weight excluding hydrogens is 672 g/mol. The highest BCUT2D eigenvalue weighted by Gasteiger charge is 2.29. The molecule has 0 radical (unpaired) electrons. The Morgan fingerprint density at radius 1 is 0.960 bits per heavy atom. The number of carbonyl (C=O) groups is 3. The number of amides is 4. The van der Waals surface area contributed by atoms with Gasteiger partial charge in [0.1, 0.15) is 17.4 Å². The fourth-order valence-electron chi connectivity index (χ4n) is 6.07. The van der Waals surface area contributed by atoms with Gasteiger partial charge in [-0.2, -0.15) is 0 Å². The maximum Gasteiger partial charge on any atom is 0.322 e. The predicted molar refractivity (Wildman–Crippen MR) is 187 cm³/mol. The quantitative estimate of drug-likeness (QED) is 0.234.